The number of carbonyl (C=O) groups is 1. The first-order valence-electron chi connectivity index (χ1n) is 7.22. The third-order valence-electron chi connectivity index (χ3n) is 3.45. The second-order valence-corrected chi connectivity index (χ2v) is 6.01. The molecule has 0 spiro atoms. The molecular weight excluding hydrogens is 282 g/mol. The van der Waals surface area contributed by atoms with E-state index in [1.54, 1.807) is 25.1 Å². The minimum absolute atomic E-state index is 0.0979. The zero-order valence-electron chi connectivity index (χ0n) is 13.1. The number of nitrogens with zero attached hydrogens (tertiary/aromatic N) is 2. The van der Waals surface area contributed by atoms with E-state index in [1.165, 1.54) is 0 Å². The highest BCUT2D eigenvalue weighted by Gasteiger charge is 2.21. The Morgan fingerprint density at radius 1 is 1.36 bits per heavy atom. The second-order valence-electron chi connectivity index (χ2n) is 6.01. The minimum atomic E-state index is -0.197. The van der Waals surface area contributed by atoms with Crippen molar-refractivity contribution in [3.05, 3.63) is 35.7 Å². The van der Waals surface area contributed by atoms with Crippen molar-refractivity contribution in [3.8, 4) is 11.5 Å². The zero-order valence-corrected chi connectivity index (χ0v) is 13.1. The van der Waals surface area contributed by atoms with Gasteiger partial charge in [0, 0.05) is 13.2 Å². The molecule has 0 aliphatic heterocycles. The lowest BCUT2D eigenvalue weighted by molar-refractivity contribution is 0.0928. The summed E-state index contributed by atoms with van der Waals surface area (Å²) >= 11 is 0. The fraction of sp³-hybridized carbons (Fsp3) is 0.438. The number of rotatable bonds is 6. The van der Waals surface area contributed by atoms with Gasteiger partial charge in [0.05, 0.1) is 11.1 Å². The molecule has 0 aliphatic carbocycles. The summed E-state index contributed by atoms with van der Waals surface area (Å²) in [7, 11) is 0. The monoisotopic (exact) mass is 303 g/mol. The molecule has 0 saturated heterocycles. The highest BCUT2D eigenvalue weighted by atomic mass is 16.5. The van der Waals surface area contributed by atoms with Gasteiger partial charge < -0.3 is 14.9 Å². The molecule has 6 nitrogen and oxygen atoms in total. The molecule has 0 fully saturated rings. The average molecular weight is 303 g/mol. The molecule has 0 radical (unpaired) electrons. The van der Waals surface area contributed by atoms with Gasteiger partial charge in [-0.15, -0.1) is 0 Å². The number of carbonyl (C=O) groups excluding carboxylic acids is 1. The van der Waals surface area contributed by atoms with Crippen molar-refractivity contribution in [3.63, 3.8) is 0 Å². The van der Waals surface area contributed by atoms with E-state index in [1.807, 2.05) is 19.9 Å². The Hall–Kier alpha value is -2.21. The molecule has 0 unspecified atom stereocenters. The first kappa shape index (κ1) is 16.2. The van der Waals surface area contributed by atoms with Crippen LogP contribution in [0.4, 0.5) is 0 Å². The van der Waals surface area contributed by atoms with Crippen molar-refractivity contribution in [2.45, 2.75) is 27.2 Å². The van der Waals surface area contributed by atoms with Gasteiger partial charge in [-0.2, -0.15) is 4.98 Å². The van der Waals surface area contributed by atoms with Crippen molar-refractivity contribution in [1.82, 2.24) is 15.5 Å². The second kappa shape index (κ2) is 6.70. The third kappa shape index (κ3) is 3.92. The summed E-state index contributed by atoms with van der Waals surface area (Å²) in [5, 5.41) is 15.7. The van der Waals surface area contributed by atoms with Crippen molar-refractivity contribution >= 4 is 5.91 Å². The van der Waals surface area contributed by atoms with Crippen LogP contribution in [0, 0.1) is 12.3 Å². The molecule has 2 rings (SSSR count). The molecule has 1 aromatic heterocycles. The van der Waals surface area contributed by atoms with Crippen LogP contribution in [0.3, 0.4) is 0 Å². The Labute approximate surface area is 129 Å². The van der Waals surface area contributed by atoms with Gasteiger partial charge in [0.25, 0.3) is 11.8 Å². The number of aliphatic hydroxyl groups is 1. The Morgan fingerprint density at radius 3 is 2.73 bits per heavy atom. The smallest absolute Gasteiger partial charge is 0.258 e. The molecule has 1 heterocycles. The fourth-order valence-corrected chi connectivity index (χ4v) is 2.08. The Morgan fingerprint density at radius 2 is 2.09 bits per heavy atom. The van der Waals surface area contributed by atoms with Gasteiger partial charge in [0.2, 0.25) is 0 Å². The van der Waals surface area contributed by atoms with Crippen LogP contribution in [0.25, 0.3) is 11.5 Å². The van der Waals surface area contributed by atoms with Gasteiger partial charge in [0.1, 0.15) is 0 Å². The summed E-state index contributed by atoms with van der Waals surface area (Å²) in [6.45, 7) is 6.30. The van der Waals surface area contributed by atoms with Crippen molar-refractivity contribution in [1.29, 1.82) is 0 Å². The van der Waals surface area contributed by atoms with Crippen LogP contribution in [0.5, 0.6) is 0 Å². The van der Waals surface area contributed by atoms with Gasteiger partial charge in [-0.3, -0.25) is 4.79 Å². The van der Waals surface area contributed by atoms with E-state index in [0.29, 0.717) is 35.8 Å². The number of aromatic nitrogens is 2. The van der Waals surface area contributed by atoms with E-state index >= 15 is 0 Å². The highest BCUT2D eigenvalue weighted by molar-refractivity contribution is 5.99. The largest absolute Gasteiger partial charge is 0.396 e. The molecule has 1 aromatic carbocycles. The number of hydrogen-bond acceptors (Lipinski definition) is 5. The number of hydrogen-bond donors (Lipinski definition) is 2. The van der Waals surface area contributed by atoms with Crippen LogP contribution >= 0.6 is 0 Å². The lowest BCUT2D eigenvalue weighted by Gasteiger charge is -2.24. The predicted octanol–water partition coefficient (Wildman–Crippen LogP) is 2.18. The topological polar surface area (TPSA) is 88.2 Å². The molecule has 22 heavy (non-hydrogen) atoms. The molecular formula is C16H21N3O3. The van der Waals surface area contributed by atoms with Crippen LogP contribution in [-0.2, 0) is 0 Å². The Kier molecular flexibility index (Phi) is 4.92. The molecule has 1 amide bonds. The van der Waals surface area contributed by atoms with Crippen LogP contribution in [-0.4, -0.2) is 34.3 Å². The molecule has 2 aromatic rings. The van der Waals surface area contributed by atoms with Crippen LogP contribution < -0.4 is 5.32 Å². The molecule has 2 N–H and O–H groups in total. The highest BCUT2D eigenvalue weighted by Crippen LogP contribution is 2.23. The molecule has 0 saturated carbocycles. The predicted molar refractivity (Wildman–Crippen MR) is 82.3 cm³/mol. The van der Waals surface area contributed by atoms with E-state index in [9.17, 15) is 4.79 Å². The van der Waals surface area contributed by atoms with Crippen molar-refractivity contribution in [2.75, 3.05) is 13.2 Å². The minimum Gasteiger partial charge on any atom is -0.396 e. The Bertz CT molecular complexity index is 650. The number of aliphatic hydroxyl groups excluding tert-OH is 1. The third-order valence-corrected chi connectivity index (χ3v) is 3.45. The fourth-order valence-electron chi connectivity index (χ4n) is 2.08. The number of nitrogens with one attached hydrogen (secondary N) is 1. The van der Waals surface area contributed by atoms with E-state index in [2.05, 4.69) is 15.5 Å². The molecule has 6 heteroatoms. The summed E-state index contributed by atoms with van der Waals surface area (Å²) in [4.78, 5) is 16.6. The summed E-state index contributed by atoms with van der Waals surface area (Å²) in [6, 6.07) is 7.12. The maximum absolute atomic E-state index is 12.4. The van der Waals surface area contributed by atoms with E-state index in [0.717, 1.165) is 0 Å². The van der Waals surface area contributed by atoms with Gasteiger partial charge in [-0.05, 0) is 30.9 Å². The first-order valence-corrected chi connectivity index (χ1v) is 7.22. The molecule has 0 aliphatic rings. The summed E-state index contributed by atoms with van der Waals surface area (Å²) in [6.07, 6.45) is 0.623. The first-order chi connectivity index (χ1) is 10.4. The normalized spacial score (nSPS) is 11.5. The van der Waals surface area contributed by atoms with Gasteiger partial charge in [0.15, 0.2) is 5.82 Å². The lowest BCUT2D eigenvalue weighted by atomic mass is 9.89. The van der Waals surface area contributed by atoms with E-state index < -0.39 is 0 Å². The molecule has 0 atom stereocenters. The quantitative estimate of drug-likeness (QED) is 0.854. The summed E-state index contributed by atoms with van der Waals surface area (Å²) in [5.41, 5.74) is 0.937. The maximum atomic E-state index is 12.4. The number of benzene rings is 1. The lowest BCUT2D eigenvalue weighted by Crippen LogP contribution is -2.34. The van der Waals surface area contributed by atoms with Crippen LogP contribution in [0.2, 0.25) is 0 Å². The van der Waals surface area contributed by atoms with Crippen LogP contribution in [0.15, 0.2) is 28.8 Å². The summed E-state index contributed by atoms with van der Waals surface area (Å²) in [5.74, 6) is 0.657. The average Bonchev–Trinajstić information content (AvgIpc) is 2.91. The summed E-state index contributed by atoms with van der Waals surface area (Å²) < 4.78 is 5.15. The standard InChI is InChI=1S/C16H21N3O3/c1-11-18-15(22-19-11)13-7-5-4-6-12(13)14(21)17-10-16(2,3)8-9-20/h4-7,20H,8-10H2,1-3H3,(H,17,21). The Balaban J connectivity index is 2.17. The van der Waals surface area contributed by atoms with E-state index in [4.69, 9.17) is 9.63 Å². The number of aryl methyl sites for hydroxylation is 1. The van der Waals surface area contributed by atoms with Crippen molar-refractivity contribution < 1.29 is 14.4 Å². The SMILES string of the molecule is Cc1noc(-c2ccccc2C(=O)NCC(C)(C)CCO)n1. The molecule has 118 valence electrons. The van der Waals surface area contributed by atoms with Gasteiger partial charge >= 0.3 is 0 Å². The van der Waals surface area contributed by atoms with Crippen LogP contribution in [0.1, 0.15) is 36.5 Å². The maximum Gasteiger partial charge on any atom is 0.258 e. The zero-order chi connectivity index (χ0) is 16.2. The van der Waals surface area contributed by atoms with E-state index in [-0.39, 0.29) is 17.9 Å². The van der Waals surface area contributed by atoms with Gasteiger partial charge in [-0.25, -0.2) is 0 Å². The molecule has 0 bridgehead atoms. The van der Waals surface area contributed by atoms with Crippen molar-refractivity contribution in [2.24, 2.45) is 5.41 Å². The van der Waals surface area contributed by atoms with Gasteiger partial charge in [-0.1, -0.05) is 31.1 Å². The number of amides is 1.